The molecule has 1 amide bonds. The quantitative estimate of drug-likeness (QED) is 0.419. The molecule has 5 rings (SSSR count). The van der Waals surface area contributed by atoms with Crippen LogP contribution in [-0.2, 0) is 4.74 Å². The van der Waals surface area contributed by atoms with Gasteiger partial charge in [0.25, 0.3) is 0 Å². The largest absolute Gasteiger partial charge is 0.444 e. The molecule has 10 heteroatoms. The Labute approximate surface area is 222 Å². The average Bonchev–Trinajstić information content (AvgIpc) is 3.54. The molecule has 0 radical (unpaired) electrons. The molecule has 196 valence electrons. The summed E-state index contributed by atoms with van der Waals surface area (Å²) in [4.78, 5) is 25.4. The fraction of sp³-hybridized carbons (Fsp3) is 0.481. The second kappa shape index (κ2) is 10.6. The van der Waals surface area contributed by atoms with E-state index in [0.717, 1.165) is 54.3 Å². The van der Waals surface area contributed by atoms with Gasteiger partial charge in [-0.05, 0) is 58.1 Å². The summed E-state index contributed by atoms with van der Waals surface area (Å²) in [6, 6.07) is 12.2. The summed E-state index contributed by atoms with van der Waals surface area (Å²) in [6.07, 6.45) is 5.17. The van der Waals surface area contributed by atoms with Crippen LogP contribution in [0.1, 0.15) is 69.7 Å². The van der Waals surface area contributed by atoms with Crippen molar-refractivity contribution in [1.29, 1.82) is 0 Å². The minimum absolute atomic E-state index is 0.194. The van der Waals surface area contributed by atoms with E-state index >= 15 is 0 Å². The van der Waals surface area contributed by atoms with Crippen LogP contribution in [0.5, 0.6) is 0 Å². The van der Waals surface area contributed by atoms with Gasteiger partial charge in [-0.2, -0.15) is 5.10 Å². The highest BCUT2D eigenvalue weighted by atomic mass is 35.5. The number of piperidine rings is 1. The van der Waals surface area contributed by atoms with Crippen LogP contribution in [-0.4, -0.2) is 56.4 Å². The van der Waals surface area contributed by atoms with E-state index in [1.54, 1.807) is 11.2 Å². The SMILES string of the molecule is CC(C)(C)OC(=O)N1CCC(c2cc(Nc3cc(N4CCCC4c4ccccc4Cl)ncn3)n[nH]2)CC1. The van der Waals surface area contributed by atoms with Crippen LogP contribution in [0.3, 0.4) is 0 Å². The van der Waals surface area contributed by atoms with Crippen molar-refractivity contribution in [3.8, 4) is 0 Å². The number of nitrogens with one attached hydrogen (secondary N) is 2. The van der Waals surface area contributed by atoms with Gasteiger partial charge in [0.15, 0.2) is 5.82 Å². The molecule has 1 aromatic carbocycles. The highest BCUT2D eigenvalue weighted by molar-refractivity contribution is 6.31. The van der Waals surface area contributed by atoms with E-state index in [9.17, 15) is 4.79 Å². The first-order valence-electron chi connectivity index (χ1n) is 12.9. The number of carbonyl (C=O) groups excluding carboxylic acids is 1. The van der Waals surface area contributed by atoms with Crippen molar-refractivity contribution in [1.82, 2.24) is 25.1 Å². The summed E-state index contributed by atoms with van der Waals surface area (Å²) in [7, 11) is 0. The number of anilines is 3. The summed E-state index contributed by atoms with van der Waals surface area (Å²) >= 11 is 6.50. The van der Waals surface area contributed by atoms with Gasteiger partial charge in [-0.15, -0.1) is 0 Å². The molecule has 2 saturated heterocycles. The Balaban J connectivity index is 1.22. The molecule has 0 saturated carbocycles. The Hall–Kier alpha value is -3.33. The Kier molecular flexibility index (Phi) is 7.24. The third-order valence-corrected chi connectivity index (χ3v) is 7.25. The minimum atomic E-state index is -0.483. The van der Waals surface area contributed by atoms with Crippen LogP contribution in [0.2, 0.25) is 5.02 Å². The predicted molar refractivity (Wildman–Crippen MR) is 144 cm³/mol. The number of rotatable bonds is 5. The Morgan fingerprint density at radius 1 is 1.08 bits per heavy atom. The average molecular weight is 524 g/mol. The number of hydrogen-bond acceptors (Lipinski definition) is 7. The summed E-state index contributed by atoms with van der Waals surface area (Å²) < 4.78 is 5.51. The second-order valence-electron chi connectivity index (χ2n) is 10.7. The molecule has 3 aromatic rings. The van der Waals surface area contributed by atoms with Gasteiger partial charge in [-0.25, -0.2) is 14.8 Å². The number of aromatic nitrogens is 4. The summed E-state index contributed by atoms with van der Waals surface area (Å²) in [6.45, 7) is 7.91. The molecule has 2 N–H and O–H groups in total. The van der Waals surface area contributed by atoms with Crippen molar-refractivity contribution in [3.63, 3.8) is 0 Å². The van der Waals surface area contributed by atoms with Gasteiger partial charge in [0.05, 0.1) is 6.04 Å². The van der Waals surface area contributed by atoms with Crippen molar-refractivity contribution < 1.29 is 9.53 Å². The van der Waals surface area contributed by atoms with Crippen molar-refractivity contribution >= 4 is 35.1 Å². The number of hydrogen-bond donors (Lipinski definition) is 2. The van der Waals surface area contributed by atoms with Crippen LogP contribution < -0.4 is 10.2 Å². The highest BCUT2D eigenvalue weighted by Gasteiger charge is 2.30. The molecule has 2 aliphatic rings. The van der Waals surface area contributed by atoms with Gasteiger partial charge in [0.1, 0.15) is 23.6 Å². The lowest BCUT2D eigenvalue weighted by atomic mass is 9.94. The smallest absolute Gasteiger partial charge is 0.410 e. The topological polar surface area (TPSA) is 99.3 Å². The number of aromatic amines is 1. The maximum Gasteiger partial charge on any atom is 0.410 e. The molecule has 1 atom stereocenters. The zero-order valence-electron chi connectivity index (χ0n) is 21.6. The molecule has 37 heavy (non-hydrogen) atoms. The normalized spacial score (nSPS) is 18.8. The van der Waals surface area contributed by atoms with Gasteiger partial charge in [-0.3, -0.25) is 5.10 Å². The van der Waals surface area contributed by atoms with Crippen LogP contribution in [0.4, 0.5) is 22.2 Å². The van der Waals surface area contributed by atoms with Gasteiger partial charge in [0, 0.05) is 48.4 Å². The van der Waals surface area contributed by atoms with Gasteiger partial charge >= 0.3 is 6.09 Å². The Bertz CT molecular complexity index is 1230. The molecule has 4 heterocycles. The number of amides is 1. The lowest BCUT2D eigenvalue weighted by molar-refractivity contribution is 0.0204. The number of carbonyl (C=O) groups is 1. The zero-order valence-corrected chi connectivity index (χ0v) is 22.3. The first kappa shape index (κ1) is 25.3. The highest BCUT2D eigenvalue weighted by Crippen LogP contribution is 2.38. The van der Waals surface area contributed by atoms with Crippen molar-refractivity contribution in [3.05, 3.63) is 59.0 Å². The van der Waals surface area contributed by atoms with Gasteiger partial charge < -0.3 is 19.9 Å². The monoisotopic (exact) mass is 523 g/mol. The molecule has 1 unspecified atom stereocenters. The maximum atomic E-state index is 12.4. The Morgan fingerprint density at radius 3 is 2.62 bits per heavy atom. The van der Waals surface area contributed by atoms with Crippen LogP contribution in [0, 0.1) is 0 Å². The number of likely N-dealkylation sites (tertiary alicyclic amines) is 1. The van der Waals surface area contributed by atoms with E-state index in [4.69, 9.17) is 16.3 Å². The first-order valence-corrected chi connectivity index (χ1v) is 13.3. The standard InChI is InChI=1S/C27H34ClN7O2/c1-27(2,3)37-26(36)34-13-10-18(11-14-34)21-15-24(33-32-21)31-23-16-25(30-17-29-23)35-12-6-9-22(35)19-7-4-5-8-20(19)28/h4-5,7-8,15-18,22H,6,9-14H2,1-3H3,(H2,29,30,31,32,33). The van der Waals surface area contributed by atoms with E-state index in [1.807, 2.05) is 51.1 Å². The van der Waals surface area contributed by atoms with Crippen LogP contribution in [0.15, 0.2) is 42.7 Å². The molecule has 0 aliphatic carbocycles. The lowest BCUT2D eigenvalue weighted by Gasteiger charge is -2.33. The van der Waals surface area contributed by atoms with E-state index in [1.165, 1.54) is 0 Å². The second-order valence-corrected chi connectivity index (χ2v) is 11.1. The van der Waals surface area contributed by atoms with Gasteiger partial charge in [0.2, 0.25) is 0 Å². The lowest BCUT2D eigenvalue weighted by Crippen LogP contribution is -2.41. The van der Waals surface area contributed by atoms with Crippen molar-refractivity contribution in [2.24, 2.45) is 0 Å². The number of ether oxygens (including phenoxy) is 1. The number of nitrogens with zero attached hydrogens (tertiary/aromatic N) is 5. The van der Waals surface area contributed by atoms with Crippen LogP contribution in [0.25, 0.3) is 0 Å². The maximum absolute atomic E-state index is 12.4. The summed E-state index contributed by atoms with van der Waals surface area (Å²) in [5, 5.41) is 11.7. The summed E-state index contributed by atoms with van der Waals surface area (Å²) in [5.41, 5.74) is 1.70. The molecule has 2 aliphatic heterocycles. The molecule has 0 spiro atoms. The number of H-pyrrole nitrogens is 1. The van der Waals surface area contributed by atoms with Crippen LogP contribution >= 0.6 is 11.6 Å². The first-order chi connectivity index (χ1) is 17.8. The molecular weight excluding hydrogens is 490 g/mol. The van der Waals surface area contributed by atoms with Gasteiger partial charge in [-0.1, -0.05) is 29.8 Å². The summed E-state index contributed by atoms with van der Waals surface area (Å²) in [5.74, 6) is 2.57. The molecule has 2 aromatic heterocycles. The third kappa shape index (κ3) is 5.98. The Morgan fingerprint density at radius 2 is 1.86 bits per heavy atom. The number of benzene rings is 1. The molecular formula is C27H34ClN7O2. The van der Waals surface area contributed by atoms with E-state index in [-0.39, 0.29) is 12.1 Å². The number of halogens is 1. The fourth-order valence-electron chi connectivity index (χ4n) is 5.12. The molecule has 0 bridgehead atoms. The van der Waals surface area contributed by atoms with E-state index < -0.39 is 5.60 Å². The van der Waals surface area contributed by atoms with Crippen molar-refractivity contribution in [2.75, 3.05) is 29.9 Å². The minimum Gasteiger partial charge on any atom is -0.444 e. The van der Waals surface area contributed by atoms with Crippen molar-refractivity contribution in [2.45, 2.75) is 64.0 Å². The fourth-order valence-corrected chi connectivity index (χ4v) is 5.38. The third-order valence-electron chi connectivity index (χ3n) is 6.90. The van der Waals surface area contributed by atoms with E-state index in [2.05, 4.69) is 36.4 Å². The molecule has 2 fully saturated rings. The molecule has 9 nitrogen and oxygen atoms in total. The van der Waals surface area contributed by atoms with E-state index in [0.29, 0.717) is 30.6 Å². The zero-order chi connectivity index (χ0) is 26.0. The predicted octanol–water partition coefficient (Wildman–Crippen LogP) is 6.05.